The van der Waals surface area contributed by atoms with Crippen molar-refractivity contribution in [3.63, 3.8) is 0 Å². The van der Waals surface area contributed by atoms with Gasteiger partial charge in [0.25, 0.3) is 5.91 Å². The lowest BCUT2D eigenvalue weighted by atomic mass is 10.1. The molecule has 1 amide bonds. The van der Waals surface area contributed by atoms with Crippen LogP contribution in [-0.4, -0.2) is 38.9 Å². The molecule has 0 aliphatic rings. The van der Waals surface area contributed by atoms with Crippen molar-refractivity contribution in [2.45, 2.75) is 32.6 Å². The fourth-order valence-electron chi connectivity index (χ4n) is 2.67. The topological polar surface area (TPSA) is 70.4 Å². The third-order valence-electron chi connectivity index (χ3n) is 4.04. The molecule has 0 spiro atoms. The number of carbonyl (C=O) groups is 1. The Morgan fingerprint density at radius 3 is 2.54 bits per heavy atom. The molecule has 1 heterocycles. The predicted octanol–water partition coefficient (Wildman–Crippen LogP) is 3.33. The van der Waals surface area contributed by atoms with Crippen molar-refractivity contribution in [2.24, 2.45) is 0 Å². The second kappa shape index (κ2) is 10.0. The number of rotatable bonds is 9. The van der Waals surface area contributed by atoms with Crippen LogP contribution >= 0.6 is 0 Å². The smallest absolute Gasteiger partial charge is 0.297 e. The zero-order chi connectivity index (χ0) is 20.6. The molecule has 0 aliphatic carbocycles. The second-order valence-electron chi connectivity index (χ2n) is 6.29. The van der Waals surface area contributed by atoms with Crippen molar-refractivity contribution in [3.05, 3.63) is 59.4 Å². The molecule has 2 rings (SSSR count). The molecule has 6 nitrogen and oxygen atoms in total. The van der Waals surface area contributed by atoms with E-state index >= 15 is 0 Å². The summed E-state index contributed by atoms with van der Waals surface area (Å²) in [7, 11) is 0. The van der Waals surface area contributed by atoms with Crippen molar-refractivity contribution in [2.75, 3.05) is 13.1 Å². The number of nitrogens with zero attached hydrogens (tertiary/aromatic N) is 3. The van der Waals surface area contributed by atoms with Crippen LogP contribution in [0.2, 0.25) is 0 Å². The number of halogens is 3. The SMILES string of the molecule is CCCN(CCn1ccc(C(F)(F)F)n1)Cc1ccc(/C=C/C(=O)NO)cc1. The Kier molecular flexibility index (Phi) is 7.77. The van der Waals surface area contributed by atoms with Gasteiger partial charge in [0.15, 0.2) is 5.69 Å². The minimum Gasteiger partial charge on any atom is -0.297 e. The van der Waals surface area contributed by atoms with Gasteiger partial charge < -0.3 is 0 Å². The van der Waals surface area contributed by atoms with E-state index in [4.69, 9.17) is 5.21 Å². The van der Waals surface area contributed by atoms with E-state index in [1.165, 1.54) is 22.4 Å². The molecule has 2 aromatic rings. The van der Waals surface area contributed by atoms with E-state index in [-0.39, 0.29) is 0 Å². The molecule has 0 radical (unpaired) electrons. The van der Waals surface area contributed by atoms with E-state index in [1.807, 2.05) is 31.2 Å². The van der Waals surface area contributed by atoms with E-state index in [2.05, 4.69) is 10.00 Å². The van der Waals surface area contributed by atoms with Crippen molar-refractivity contribution < 1.29 is 23.2 Å². The number of carbonyl (C=O) groups excluding carboxylic acids is 1. The molecule has 0 aliphatic heterocycles. The molecular weight excluding hydrogens is 373 g/mol. The third-order valence-corrected chi connectivity index (χ3v) is 4.04. The summed E-state index contributed by atoms with van der Waals surface area (Å²) in [6, 6.07) is 8.53. The van der Waals surface area contributed by atoms with E-state index in [9.17, 15) is 18.0 Å². The average Bonchev–Trinajstić information content (AvgIpc) is 3.15. The minimum atomic E-state index is -4.43. The molecule has 9 heteroatoms. The van der Waals surface area contributed by atoms with E-state index < -0.39 is 17.8 Å². The lowest BCUT2D eigenvalue weighted by Gasteiger charge is -2.22. The maximum atomic E-state index is 12.6. The zero-order valence-corrected chi connectivity index (χ0v) is 15.5. The fourth-order valence-corrected chi connectivity index (χ4v) is 2.67. The number of benzene rings is 1. The fraction of sp³-hybridized carbons (Fsp3) is 0.368. The summed E-state index contributed by atoms with van der Waals surface area (Å²) < 4.78 is 39.2. The molecule has 152 valence electrons. The molecule has 0 unspecified atom stereocenters. The van der Waals surface area contributed by atoms with Crippen LogP contribution in [0.15, 0.2) is 42.6 Å². The highest BCUT2D eigenvalue weighted by atomic mass is 19.4. The van der Waals surface area contributed by atoms with Gasteiger partial charge in [-0.1, -0.05) is 31.2 Å². The van der Waals surface area contributed by atoms with Gasteiger partial charge in [0.05, 0.1) is 6.54 Å². The normalized spacial score (nSPS) is 12.1. The van der Waals surface area contributed by atoms with Crippen molar-refractivity contribution >= 4 is 12.0 Å². The van der Waals surface area contributed by atoms with E-state index in [0.717, 1.165) is 30.2 Å². The molecular formula is C19H23F3N4O2. The first kappa shape index (κ1) is 21.6. The highest BCUT2D eigenvalue weighted by molar-refractivity contribution is 5.90. The first-order valence-corrected chi connectivity index (χ1v) is 8.86. The molecule has 28 heavy (non-hydrogen) atoms. The first-order chi connectivity index (χ1) is 13.3. The molecule has 1 aromatic carbocycles. The quantitative estimate of drug-likeness (QED) is 0.388. The number of aromatic nitrogens is 2. The van der Waals surface area contributed by atoms with Gasteiger partial charge in [0, 0.05) is 25.4 Å². The van der Waals surface area contributed by atoms with Gasteiger partial charge in [-0.3, -0.25) is 19.6 Å². The van der Waals surface area contributed by atoms with Crippen LogP contribution in [0.3, 0.4) is 0 Å². The molecule has 0 saturated heterocycles. The molecule has 1 aromatic heterocycles. The molecule has 0 bridgehead atoms. The molecule has 2 N–H and O–H groups in total. The number of alkyl halides is 3. The Hall–Kier alpha value is -2.65. The van der Waals surface area contributed by atoms with Crippen LogP contribution in [0.25, 0.3) is 6.08 Å². The second-order valence-corrected chi connectivity index (χ2v) is 6.29. The summed E-state index contributed by atoms with van der Waals surface area (Å²) >= 11 is 0. The van der Waals surface area contributed by atoms with Crippen molar-refractivity contribution in [3.8, 4) is 0 Å². The number of hydrogen-bond donors (Lipinski definition) is 2. The van der Waals surface area contributed by atoms with Gasteiger partial charge in [-0.25, -0.2) is 5.48 Å². The van der Waals surface area contributed by atoms with Crippen LogP contribution in [0.4, 0.5) is 13.2 Å². The van der Waals surface area contributed by atoms with E-state index in [1.54, 1.807) is 6.08 Å². The van der Waals surface area contributed by atoms with Crippen LogP contribution in [0.1, 0.15) is 30.2 Å². The van der Waals surface area contributed by atoms with Crippen LogP contribution in [-0.2, 0) is 24.1 Å². The zero-order valence-electron chi connectivity index (χ0n) is 15.5. The highest BCUT2D eigenvalue weighted by Gasteiger charge is 2.33. The first-order valence-electron chi connectivity index (χ1n) is 8.86. The summed E-state index contributed by atoms with van der Waals surface area (Å²) in [5, 5.41) is 12.0. The standard InChI is InChI=1S/C19H23F3N4O2/c1-2-10-25(12-13-26-11-9-17(23-26)19(20,21)22)14-16-5-3-15(4-6-16)7-8-18(27)24-28/h3-9,11,28H,2,10,12-14H2,1H3,(H,24,27)/b8-7+. The van der Waals surface area contributed by atoms with Gasteiger partial charge in [0.2, 0.25) is 0 Å². The van der Waals surface area contributed by atoms with Crippen molar-refractivity contribution in [1.29, 1.82) is 0 Å². The molecule has 0 saturated carbocycles. The van der Waals surface area contributed by atoms with Crippen LogP contribution in [0.5, 0.6) is 0 Å². The Labute approximate surface area is 161 Å². The minimum absolute atomic E-state index is 0.368. The van der Waals surface area contributed by atoms with Gasteiger partial charge in [0.1, 0.15) is 0 Å². The lowest BCUT2D eigenvalue weighted by molar-refractivity contribution is -0.141. The maximum Gasteiger partial charge on any atom is 0.435 e. The summed E-state index contributed by atoms with van der Waals surface area (Å²) in [6.45, 7) is 4.45. The highest BCUT2D eigenvalue weighted by Crippen LogP contribution is 2.27. The number of amides is 1. The van der Waals surface area contributed by atoms with Crippen LogP contribution in [0, 0.1) is 0 Å². The van der Waals surface area contributed by atoms with Crippen molar-refractivity contribution in [1.82, 2.24) is 20.2 Å². The van der Waals surface area contributed by atoms with E-state index in [0.29, 0.717) is 19.6 Å². The lowest BCUT2D eigenvalue weighted by Crippen LogP contribution is -2.28. The summed E-state index contributed by atoms with van der Waals surface area (Å²) in [6.07, 6.45) is 0.635. The van der Waals surface area contributed by atoms with Gasteiger partial charge in [-0.2, -0.15) is 18.3 Å². The maximum absolute atomic E-state index is 12.6. The van der Waals surface area contributed by atoms with Gasteiger partial charge >= 0.3 is 6.18 Å². The van der Waals surface area contributed by atoms with Gasteiger partial charge in [-0.15, -0.1) is 0 Å². The number of hydrogen-bond acceptors (Lipinski definition) is 4. The number of nitrogens with one attached hydrogen (secondary N) is 1. The third kappa shape index (κ3) is 6.82. The predicted molar refractivity (Wildman–Crippen MR) is 98.2 cm³/mol. The summed E-state index contributed by atoms with van der Waals surface area (Å²) in [5.41, 5.74) is 2.50. The molecule has 0 fully saturated rings. The summed E-state index contributed by atoms with van der Waals surface area (Å²) in [4.78, 5) is 13.1. The average molecular weight is 396 g/mol. The summed E-state index contributed by atoms with van der Waals surface area (Å²) in [5.74, 6) is -0.606. The number of hydroxylamine groups is 1. The Balaban J connectivity index is 1.94. The molecule has 0 atom stereocenters. The largest absolute Gasteiger partial charge is 0.435 e. The van der Waals surface area contributed by atoms with Crippen LogP contribution < -0.4 is 5.48 Å². The Morgan fingerprint density at radius 2 is 1.96 bits per heavy atom. The van der Waals surface area contributed by atoms with Gasteiger partial charge in [-0.05, 0) is 36.2 Å². The Bertz CT molecular complexity index is 785. The monoisotopic (exact) mass is 396 g/mol. The Morgan fingerprint density at radius 1 is 1.25 bits per heavy atom.